The van der Waals surface area contributed by atoms with Crippen LogP contribution in [0.15, 0.2) is 58.3 Å². The smallest absolute Gasteiger partial charge is 0.207 e. The lowest BCUT2D eigenvalue weighted by Gasteiger charge is -2.34. The molecule has 6 nitrogen and oxygen atoms in total. The molecule has 0 saturated carbocycles. The van der Waals surface area contributed by atoms with Crippen molar-refractivity contribution in [2.75, 3.05) is 26.2 Å². The molecule has 2 fully saturated rings. The second-order valence-corrected chi connectivity index (χ2v) is 14.5. The minimum Gasteiger partial charge on any atom is -0.207 e. The second kappa shape index (κ2) is 9.72. The topological polar surface area (TPSA) is 74.8 Å². The molecule has 0 aliphatic carbocycles. The van der Waals surface area contributed by atoms with Gasteiger partial charge in [0.05, 0.1) is 9.79 Å². The maximum atomic E-state index is 13.1. The number of benzene rings is 2. The molecule has 0 amide bonds. The summed E-state index contributed by atoms with van der Waals surface area (Å²) < 4.78 is 55.7. The van der Waals surface area contributed by atoms with E-state index in [4.69, 9.17) is 0 Å². The fourth-order valence-corrected chi connectivity index (χ4v) is 8.90. The van der Waals surface area contributed by atoms with E-state index in [0.29, 0.717) is 59.6 Å². The van der Waals surface area contributed by atoms with E-state index in [0.717, 1.165) is 24.0 Å². The first-order chi connectivity index (χ1) is 16.0. The van der Waals surface area contributed by atoms with Crippen LogP contribution in [0, 0.1) is 23.7 Å². The van der Waals surface area contributed by atoms with Gasteiger partial charge in [0, 0.05) is 26.2 Å². The van der Waals surface area contributed by atoms with Crippen molar-refractivity contribution in [1.82, 2.24) is 8.61 Å². The predicted octanol–water partition coefficient (Wildman–Crippen LogP) is 4.69. The molecule has 34 heavy (non-hydrogen) atoms. The highest BCUT2D eigenvalue weighted by atomic mass is 32.2. The maximum absolute atomic E-state index is 13.1. The van der Waals surface area contributed by atoms with Gasteiger partial charge in [-0.2, -0.15) is 8.61 Å². The van der Waals surface area contributed by atoms with Crippen LogP contribution < -0.4 is 0 Å². The van der Waals surface area contributed by atoms with Crippen LogP contribution in [0.5, 0.6) is 0 Å². The summed E-state index contributed by atoms with van der Waals surface area (Å²) in [6.07, 6.45) is 2.10. The first-order valence-electron chi connectivity index (χ1n) is 12.2. The summed E-state index contributed by atoms with van der Waals surface area (Å²) in [6.45, 7) is 10.6. The van der Waals surface area contributed by atoms with E-state index in [2.05, 4.69) is 27.7 Å². The van der Waals surface area contributed by atoms with Crippen LogP contribution in [0.25, 0.3) is 11.1 Å². The monoisotopic (exact) mass is 504 g/mol. The Balaban J connectivity index is 1.51. The van der Waals surface area contributed by atoms with Crippen molar-refractivity contribution in [1.29, 1.82) is 0 Å². The predicted molar refractivity (Wildman–Crippen MR) is 135 cm³/mol. The average Bonchev–Trinajstić information content (AvgIpc) is 2.78. The van der Waals surface area contributed by atoms with Gasteiger partial charge in [-0.05, 0) is 71.9 Å². The van der Waals surface area contributed by atoms with Crippen molar-refractivity contribution >= 4 is 20.0 Å². The molecule has 0 aromatic heterocycles. The summed E-state index contributed by atoms with van der Waals surface area (Å²) in [5, 5.41) is 0. The summed E-state index contributed by atoms with van der Waals surface area (Å²) in [6, 6.07) is 13.8. The molecule has 2 saturated heterocycles. The van der Waals surface area contributed by atoms with Crippen LogP contribution in [-0.4, -0.2) is 51.6 Å². The molecule has 186 valence electrons. The van der Waals surface area contributed by atoms with E-state index in [1.54, 1.807) is 57.1 Å². The average molecular weight is 505 g/mol. The van der Waals surface area contributed by atoms with Crippen LogP contribution >= 0.6 is 0 Å². The number of hydrogen-bond donors (Lipinski definition) is 0. The Labute approximate surface area is 205 Å². The van der Waals surface area contributed by atoms with Crippen LogP contribution in [0.3, 0.4) is 0 Å². The van der Waals surface area contributed by atoms with Crippen LogP contribution in [0.2, 0.25) is 0 Å². The van der Waals surface area contributed by atoms with Crippen molar-refractivity contribution in [3.05, 3.63) is 48.5 Å². The normalized spacial score (nSPS) is 27.5. The quantitative estimate of drug-likeness (QED) is 0.592. The summed E-state index contributed by atoms with van der Waals surface area (Å²) in [5.41, 5.74) is 1.70. The van der Waals surface area contributed by atoms with Gasteiger partial charge >= 0.3 is 0 Å². The molecule has 8 heteroatoms. The van der Waals surface area contributed by atoms with Crippen molar-refractivity contribution in [2.45, 2.75) is 50.3 Å². The number of hydrogen-bond acceptors (Lipinski definition) is 4. The summed E-state index contributed by atoms with van der Waals surface area (Å²) in [5.74, 6) is 1.40. The lowest BCUT2D eigenvalue weighted by atomic mass is 9.94. The molecular formula is C26H36N2O4S2. The molecule has 2 aromatic rings. The molecule has 2 aromatic carbocycles. The minimum atomic E-state index is -3.53. The zero-order valence-electron chi connectivity index (χ0n) is 20.5. The van der Waals surface area contributed by atoms with E-state index >= 15 is 0 Å². The first-order valence-corrected chi connectivity index (χ1v) is 15.1. The van der Waals surface area contributed by atoms with Crippen LogP contribution in [0.4, 0.5) is 0 Å². The molecule has 2 aliphatic rings. The second-order valence-electron chi connectivity index (χ2n) is 10.6. The molecule has 0 radical (unpaired) electrons. The van der Waals surface area contributed by atoms with Gasteiger partial charge < -0.3 is 0 Å². The van der Waals surface area contributed by atoms with Crippen LogP contribution in [0.1, 0.15) is 40.5 Å². The maximum Gasteiger partial charge on any atom is 0.243 e. The third-order valence-electron chi connectivity index (χ3n) is 6.99. The van der Waals surface area contributed by atoms with Gasteiger partial charge in [-0.1, -0.05) is 52.0 Å². The fourth-order valence-electron chi connectivity index (χ4n) is 5.54. The van der Waals surface area contributed by atoms with Gasteiger partial charge in [-0.15, -0.1) is 0 Å². The lowest BCUT2D eigenvalue weighted by molar-refractivity contribution is 0.222. The van der Waals surface area contributed by atoms with E-state index in [1.165, 1.54) is 0 Å². The van der Waals surface area contributed by atoms with Crippen molar-refractivity contribution in [3.8, 4) is 11.1 Å². The zero-order valence-corrected chi connectivity index (χ0v) is 22.1. The summed E-state index contributed by atoms with van der Waals surface area (Å²) in [4.78, 5) is 0.593. The Morgan fingerprint density at radius 3 is 1.06 bits per heavy atom. The van der Waals surface area contributed by atoms with E-state index in [9.17, 15) is 16.8 Å². The molecule has 2 heterocycles. The van der Waals surface area contributed by atoms with Gasteiger partial charge in [-0.25, -0.2) is 16.8 Å². The van der Waals surface area contributed by atoms with Gasteiger partial charge in [0.1, 0.15) is 0 Å². The number of sulfonamides is 2. The Hall–Kier alpha value is -1.74. The molecule has 0 unspecified atom stereocenters. The molecular weight excluding hydrogens is 468 g/mol. The Morgan fingerprint density at radius 2 is 0.794 bits per heavy atom. The standard InChI is InChI=1S/C26H36N2O4S2/c1-19-13-20(2)16-27(15-19)33(29,30)25-9-5-23(6-10-25)24-7-11-26(12-8-24)34(31,32)28-17-21(3)14-22(4)18-28/h5-12,19-22H,13-18H2,1-4H3/t19-,20+,21-,22+. The number of piperidine rings is 2. The zero-order chi connectivity index (χ0) is 24.7. The van der Waals surface area contributed by atoms with Crippen molar-refractivity contribution < 1.29 is 16.8 Å². The molecule has 0 bridgehead atoms. The molecule has 4 rings (SSSR count). The van der Waals surface area contributed by atoms with Gasteiger partial charge in [0.25, 0.3) is 0 Å². The molecule has 2 aliphatic heterocycles. The van der Waals surface area contributed by atoms with E-state index in [1.807, 2.05) is 0 Å². The van der Waals surface area contributed by atoms with Gasteiger partial charge in [-0.3, -0.25) is 0 Å². The number of rotatable bonds is 5. The molecule has 0 spiro atoms. The van der Waals surface area contributed by atoms with Crippen molar-refractivity contribution in [3.63, 3.8) is 0 Å². The SMILES string of the molecule is C[C@@H]1C[C@H](C)CN(S(=O)(=O)c2ccc(-c3ccc(S(=O)(=O)N4C[C@H](C)C[C@H](C)C4)cc3)cc2)C1. The first kappa shape index (κ1) is 25.4. The van der Waals surface area contributed by atoms with Gasteiger partial charge in [0.15, 0.2) is 0 Å². The highest BCUT2D eigenvalue weighted by Crippen LogP contribution is 2.30. The molecule has 0 N–H and O–H groups in total. The highest BCUT2D eigenvalue weighted by molar-refractivity contribution is 7.89. The third-order valence-corrected chi connectivity index (χ3v) is 10.7. The van der Waals surface area contributed by atoms with E-state index < -0.39 is 20.0 Å². The Bertz CT molecular complexity index is 1090. The largest absolute Gasteiger partial charge is 0.243 e. The fraction of sp³-hybridized carbons (Fsp3) is 0.538. The summed E-state index contributed by atoms with van der Waals surface area (Å²) >= 11 is 0. The Morgan fingerprint density at radius 1 is 0.529 bits per heavy atom. The lowest BCUT2D eigenvalue weighted by Crippen LogP contribution is -2.42. The van der Waals surface area contributed by atoms with Gasteiger partial charge in [0.2, 0.25) is 20.0 Å². The van der Waals surface area contributed by atoms with Crippen LogP contribution in [-0.2, 0) is 20.0 Å². The third kappa shape index (κ3) is 5.25. The number of nitrogens with zero attached hydrogens (tertiary/aromatic N) is 2. The highest BCUT2D eigenvalue weighted by Gasteiger charge is 2.33. The minimum absolute atomic E-state index is 0.296. The molecule has 4 atom stereocenters. The summed E-state index contributed by atoms with van der Waals surface area (Å²) in [7, 11) is -7.05. The van der Waals surface area contributed by atoms with E-state index in [-0.39, 0.29) is 0 Å². The Kier molecular flexibility index (Phi) is 7.25. The van der Waals surface area contributed by atoms with Crippen molar-refractivity contribution in [2.24, 2.45) is 23.7 Å².